The molecule has 1 saturated heterocycles. The first kappa shape index (κ1) is 26.1. The maximum absolute atomic E-state index is 13.9. The predicted molar refractivity (Wildman–Crippen MR) is 155 cm³/mol. The highest BCUT2D eigenvalue weighted by atomic mass is 32.2. The molecule has 3 amide bonds. The van der Waals surface area contributed by atoms with Crippen LogP contribution in [0.4, 0.5) is 11.4 Å². The Balaban J connectivity index is 1.39. The third-order valence-corrected chi connectivity index (χ3v) is 9.86. The van der Waals surface area contributed by atoms with Crippen LogP contribution in [0.1, 0.15) is 21.9 Å². The number of anilines is 2. The predicted octanol–water partition coefficient (Wildman–Crippen LogP) is 4.66. The normalized spacial score (nSPS) is 19.8. The first-order chi connectivity index (χ1) is 19.4. The molecule has 1 fully saturated rings. The number of benzene rings is 3. The second-order valence-electron chi connectivity index (χ2n) is 9.65. The second kappa shape index (κ2) is 10.4. The minimum absolute atomic E-state index is 0.199. The third kappa shape index (κ3) is 4.43. The first-order valence-corrected chi connectivity index (χ1v) is 14.4. The molecule has 202 valence electrons. The average Bonchev–Trinajstić information content (AvgIpc) is 3.41. The Morgan fingerprint density at radius 2 is 1.62 bits per heavy atom. The van der Waals surface area contributed by atoms with E-state index in [1.807, 2.05) is 55.5 Å². The molecule has 8 nitrogen and oxygen atoms in total. The number of ether oxygens (including phenoxy) is 1. The Morgan fingerprint density at radius 1 is 0.925 bits per heavy atom. The van der Waals surface area contributed by atoms with Crippen molar-refractivity contribution in [1.82, 2.24) is 4.57 Å². The van der Waals surface area contributed by atoms with Crippen LogP contribution in [0.5, 0.6) is 5.75 Å². The number of carbonyl (C=O) groups excluding carboxylic acids is 3. The van der Waals surface area contributed by atoms with Crippen LogP contribution in [0.2, 0.25) is 0 Å². The number of imide groups is 1. The van der Waals surface area contributed by atoms with Crippen molar-refractivity contribution in [2.45, 2.75) is 29.7 Å². The minimum Gasteiger partial charge on any atom is -0.497 e. The van der Waals surface area contributed by atoms with Gasteiger partial charge >= 0.3 is 4.87 Å². The average molecular weight is 572 g/mol. The summed E-state index contributed by atoms with van der Waals surface area (Å²) in [7, 11) is 1.55. The maximum atomic E-state index is 13.9. The van der Waals surface area contributed by atoms with Crippen molar-refractivity contribution < 1.29 is 19.1 Å². The van der Waals surface area contributed by atoms with Gasteiger partial charge in [-0.1, -0.05) is 71.6 Å². The number of nitrogens with zero attached hydrogens (tertiary/aromatic N) is 2. The maximum Gasteiger partial charge on any atom is 0.308 e. The van der Waals surface area contributed by atoms with Crippen LogP contribution in [0.25, 0.3) is 0 Å². The van der Waals surface area contributed by atoms with Crippen molar-refractivity contribution in [3.8, 4) is 5.75 Å². The SMILES string of the molecule is COc1ccc(N2C(=O)C3Sc4c(sc(=O)n4CC(=O)Nc4ccccc4C)C(c4ccccc4)C3C2=O)cc1. The van der Waals surface area contributed by atoms with Crippen molar-refractivity contribution in [2.24, 2.45) is 5.92 Å². The molecule has 0 bridgehead atoms. The zero-order valence-corrected chi connectivity index (χ0v) is 23.3. The van der Waals surface area contributed by atoms with Crippen molar-refractivity contribution >= 4 is 52.2 Å². The van der Waals surface area contributed by atoms with E-state index in [4.69, 9.17) is 4.74 Å². The van der Waals surface area contributed by atoms with Gasteiger partial charge in [-0.3, -0.25) is 23.7 Å². The molecule has 2 aliphatic heterocycles. The summed E-state index contributed by atoms with van der Waals surface area (Å²) < 4.78 is 6.66. The van der Waals surface area contributed by atoms with Crippen LogP contribution in [0.15, 0.2) is 88.7 Å². The van der Waals surface area contributed by atoms with E-state index < -0.39 is 17.1 Å². The van der Waals surface area contributed by atoms with Gasteiger partial charge in [-0.25, -0.2) is 4.90 Å². The fourth-order valence-corrected chi connectivity index (χ4v) is 8.08. The lowest BCUT2D eigenvalue weighted by Gasteiger charge is -2.30. The summed E-state index contributed by atoms with van der Waals surface area (Å²) in [5.41, 5.74) is 2.89. The highest BCUT2D eigenvalue weighted by Crippen LogP contribution is 2.53. The number of thioether (sulfide) groups is 1. The summed E-state index contributed by atoms with van der Waals surface area (Å²) >= 11 is 2.23. The Kier molecular flexibility index (Phi) is 6.81. The van der Waals surface area contributed by atoms with Gasteiger partial charge in [0.15, 0.2) is 0 Å². The molecule has 0 aliphatic carbocycles. The zero-order valence-electron chi connectivity index (χ0n) is 21.7. The fourth-order valence-electron chi connectivity index (χ4n) is 5.31. The summed E-state index contributed by atoms with van der Waals surface area (Å²) in [4.78, 5) is 55.7. The van der Waals surface area contributed by atoms with Gasteiger partial charge in [0.2, 0.25) is 17.7 Å². The van der Waals surface area contributed by atoms with Crippen molar-refractivity contribution in [3.05, 3.63) is 105 Å². The molecule has 2 aliphatic rings. The van der Waals surface area contributed by atoms with Gasteiger partial charge < -0.3 is 10.1 Å². The van der Waals surface area contributed by atoms with Gasteiger partial charge in [-0.2, -0.15) is 0 Å². The van der Waals surface area contributed by atoms with Crippen LogP contribution in [0, 0.1) is 12.8 Å². The number of nitrogens with one attached hydrogen (secondary N) is 1. The largest absolute Gasteiger partial charge is 0.497 e. The number of hydrogen-bond acceptors (Lipinski definition) is 7. The lowest BCUT2D eigenvalue weighted by molar-refractivity contribution is -0.122. The zero-order chi connectivity index (χ0) is 28.0. The fraction of sp³-hybridized carbons (Fsp3) is 0.200. The summed E-state index contributed by atoms with van der Waals surface area (Å²) in [5, 5.41) is 2.70. The summed E-state index contributed by atoms with van der Waals surface area (Å²) in [6.07, 6.45) is 0. The lowest BCUT2D eigenvalue weighted by atomic mass is 9.83. The minimum atomic E-state index is -0.744. The van der Waals surface area contributed by atoms with Gasteiger partial charge in [0, 0.05) is 16.5 Å². The Labute approximate surface area is 238 Å². The van der Waals surface area contributed by atoms with E-state index in [0.717, 1.165) is 22.5 Å². The third-order valence-electron chi connectivity index (χ3n) is 7.26. The summed E-state index contributed by atoms with van der Waals surface area (Å²) in [6, 6.07) is 23.7. The van der Waals surface area contributed by atoms with Gasteiger partial charge in [0.25, 0.3) is 0 Å². The van der Waals surface area contributed by atoms with Crippen LogP contribution >= 0.6 is 23.1 Å². The van der Waals surface area contributed by atoms with Crippen LogP contribution in [-0.2, 0) is 20.9 Å². The molecule has 3 aromatic carbocycles. The Hall–Kier alpha value is -4.15. The molecule has 10 heteroatoms. The van der Waals surface area contributed by atoms with E-state index in [9.17, 15) is 19.2 Å². The second-order valence-corrected chi connectivity index (χ2v) is 11.8. The Bertz CT molecular complexity index is 1680. The molecule has 3 heterocycles. The van der Waals surface area contributed by atoms with Gasteiger partial charge in [-0.15, -0.1) is 0 Å². The van der Waals surface area contributed by atoms with Crippen LogP contribution in [-0.4, -0.2) is 34.6 Å². The number of aromatic nitrogens is 1. The highest BCUT2D eigenvalue weighted by molar-refractivity contribution is 8.00. The van der Waals surface area contributed by atoms with E-state index in [1.165, 1.54) is 21.2 Å². The van der Waals surface area contributed by atoms with Gasteiger partial charge in [0.05, 0.1) is 23.7 Å². The molecule has 1 aromatic heterocycles. The number of amides is 3. The van der Waals surface area contributed by atoms with E-state index in [1.54, 1.807) is 37.4 Å². The molecule has 40 heavy (non-hydrogen) atoms. The molecule has 0 spiro atoms. The number of aryl methyl sites for hydroxylation is 1. The van der Waals surface area contributed by atoms with E-state index in [0.29, 0.717) is 27.0 Å². The Morgan fingerprint density at radius 3 is 2.33 bits per heavy atom. The van der Waals surface area contributed by atoms with E-state index in [2.05, 4.69) is 5.32 Å². The molecule has 3 unspecified atom stereocenters. The molecular weight excluding hydrogens is 546 g/mol. The molecule has 0 saturated carbocycles. The topological polar surface area (TPSA) is 97.7 Å². The van der Waals surface area contributed by atoms with Crippen molar-refractivity contribution in [1.29, 1.82) is 0 Å². The summed E-state index contributed by atoms with van der Waals surface area (Å²) in [6.45, 7) is 1.70. The van der Waals surface area contributed by atoms with Gasteiger partial charge in [0.1, 0.15) is 17.5 Å². The standard InChI is InChI=1S/C30H25N3O5S2/c1-17-8-6-7-11-21(17)31-22(34)16-32-29-26(40-30(32)37)23(18-9-4-3-5-10-18)24-25(39-29)28(36)33(27(24)35)19-12-14-20(38-2)15-13-19/h3-15,23-25H,16H2,1-2H3,(H,31,34). The molecular formula is C30H25N3O5S2. The van der Waals surface area contributed by atoms with E-state index in [-0.39, 0.29) is 29.1 Å². The number of methoxy groups -OCH3 is 1. The van der Waals surface area contributed by atoms with Crippen LogP contribution in [0.3, 0.4) is 0 Å². The van der Waals surface area contributed by atoms with Crippen molar-refractivity contribution in [2.75, 3.05) is 17.3 Å². The smallest absolute Gasteiger partial charge is 0.308 e. The number of para-hydroxylation sites is 1. The van der Waals surface area contributed by atoms with E-state index >= 15 is 0 Å². The summed E-state index contributed by atoms with van der Waals surface area (Å²) in [5.74, 6) is -1.57. The molecule has 0 radical (unpaired) electrons. The number of rotatable bonds is 6. The number of thiazole rings is 1. The van der Waals surface area contributed by atoms with Crippen LogP contribution < -0.4 is 19.8 Å². The molecule has 6 rings (SSSR count). The first-order valence-electron chi connectivity index (χ1n) is 12.7. The van der Waals surface area contributed by atoms with Gasteiger partial charge in [-0.05, 0) is 48.4 Å². The lowest BCUT2D eigenvalue weighted by Crippen LogP contribution is -2.33. The molecule has 3 atom stereocenters. The number of carbonyl (C=O) groups is 3. The molecule has 4 aromatic rings. The number of fused-ring (bicyclic) bond motifs is 2. The monoisotopic (exact) mass is 571 g/mol. The molecule has 1 N–H and O–H groups in total. The highest BCUT2D eigenvalue weighted by Gasteiger charge is 2.56. The quantitative estimate of drug-likeness (QED) is 0.338. The van der Waals surface area contributed by atoms with Crippen molar-refractivity contribution in [3.63, 3.8) is 0 Å². The number of hydrogen-bond donors (Lipinski definition) is 1.